The zero-order chi connectivity index (χ0) is 14.3. The maximum atomic E-state index is 12.5. The highest BCUT2D eigenvalue weighted by atomic mass is 35.5. The van der Waals surface area contributed by atoms with Crippen LogP contribution in [0.4, 0.5) is 8.78 Å². The molecule has 0 aliphatic heterocycles. The van der Waals surface area contributed by atoms with E-state index in [1.807, 2.05) is 0 Å². The van der Waals surface area contributed by atoms with E-state index in [9.17, 15) is 8.78 Å². The van der Waals surface area contributed by atoms with E-state index in [2.05, 4.69) is 4.98 Å². The molecule has 19 heavy (non-hydrogen) atoms. The summed E-state index contributed by atoms with van der Waals surface area (Å²) in [4.78, 5) is 5.68. The van der Waals surface area contributed by atoms with Crippen LogP contribution in [-0.2, 0) is 6.54 Å². The standard InChI is InChI=1S/C12H17ClF2N2O2/c1-18-10-3-5-16-9(12(10)19-2)7-17(6-4-13)8-11(14)15/h3,5,11H,4,6-8H2,1-2H3. The molecule has 0 bridgehead atoms. The Morgan fingerprint density at radius 3 is 2.63 bits per heavy atom. The van der Waals surface area contributed by atoms with E-state index < -0.39 is 6.43 Å². The van der Waals surface area contributed by atoms with Crippen LogP contribution in [0.2, 0.25) is 0 Å². The lowest BCUT2D eigenvalue weighted by Gasteiger charge is -2.21. The lowest BCUT2D eigenvalue weighted by atomic mass is 10.2. The van der Waals surface area contributed by atoms with Gasteiger partial charge in [0.25, 0.3) is 6.43 Å². The van der Waals surface area contributed by atoms with Crippen molar-refractivity contribution in [3.05, 3.63) is 18.0 Å². The van der Waals surface area contributed by atoms with Crippen molar-refractivity contribution in [2.75, 3.05) is 33.2 Å². The van der Waals surface area contributed by atoms with E-state index in [-0.39, 0.29) is 19.0 Å². The fourth-order valence-corrected chi connectivity index (χ4v) is 1.96. The Balaban J connectivity index is 2.88. The number of methoxy groups -OCH3 is 2. The number of nitrogens with zero attached hydrogens (tertiary/aromatic N) is 2. The van der Waals surface area contributed by atoms with Gasteiger partial charge in [-0.05, 0) is 0 Å². The number of pyridine rings is 1. The summed E-state index contributed by atoms with van der Waals surface area (Å²) >= 11 is 5.62. The van der Waals surface area contributed by atoms with E-state index in [1.54, 1.807) is 12.3 Å². The van der Waals surface area contributed by atoms with Gasteiger partial charge in [-0.3, -0.25) is 9.88 Å². The normalized spacial score (nSPS) is 11.1. The van der Waals surface area contributed by atoms with Crippen LogP contribution in [-0.4, -0.2) is 49.5 Å². The molecule has 0 fully saturated rings. The van der Waals surface area contributed by atoms with Crippen molar-refractivity contribution in [3.63, 3.8) is 0 Å². The maximum Gasteiger partial charge on any atom is 0.251 e. The number of alkyl halides is 3. The molecule has 7 heteroatoms. The molecule has 0 aliphatic rings. The molecule has 108 valence electrons. The Morgan fingerprint density at radius 1 is 1.37 bits per heavy atom. The van der Waals surface area contributed by atoms with Crippen LogP contribution >= 0.6 is 11.6 Å². The first kappa shape index (κ1) is 15.9. The summed E-state index contributed by atoms with van der Waals surface area (Å²) in [6.07, 6.45) is -0.863. The Kier molecular flexibility index (Phi) is 6.80. The van der Waals surface area contributed by atoms with E-state index in [0.29, 0.717) is 23.7 Å². The van der Waals surface area contributed by atoms with Crippen molar-refractivity contribution in [2.45, 2.75) is 13.0 Å². The van der Waals surface area contributed by atoms with Crippen molar-refractivity contribution < 1.29 is 18.3 Å². The van der Waals surface area contributed by atoms with Gasteiger partial charge in [0.15, 0.2) is 11.5 Å². The number of hydrogen-bond donors (Lipinski definition) is 0. The molecule has 0 amide bonds. The fourth-order valence-electron chi connectivity index (χ4n) is 1.72. The Hall–Kier alpha value is -1.14. The molecule has 1 rings (SSSR count). The Morgan fingerprint density at radius 2 is 2.11 bits per heavy atom. The van der Waals surface area contributed by atoms with Crippen LogP contribution in [0, 0.1) is 0 Å². The van der Waals surface area contributed by atoms with Crippen LogP contribution in [0.25, 0.3) is 0 Å². The number of ether oxygens (including phenoxy) is 2. The second kappa shape index (κ2) is 8.12. The van der Waals surface area contributed by atoms with Crippen LogP contribution in [0.15, 0.2) is 12.3 Å². The number of aromatic nitrogens is 1. The zero-order valence-corrected chi connectivity index (χ0v) is 11.7. The molecule has 1 aromatic heterocycles. The summed E-state index contributed by atoms with van der Waals surface area (Å²) in [5.41, 5.74) is 0.549. The highest BCUT2D eigenvalue weighted by Crippen LogP contribution is 2.29. The van der Waals surface area contributed by atoms with Gasteiger partial charge in [0.1, 0.15) is 5.69 Å². The summed E-state index contributed by atoms with van der Waals surface area (Å²) in [6, 6.07) is 1.65. The second-order valence-corrected chi connectivity index (χ2v) is 4.19. The van der Waals surface area contributed by atoms with E-state index in [1.165, 1.54) is 19.1 Å². The van der Waals surface area contributed by atoms with Crippen molar-refractivity contribution >= 4 is 11.6 Å². The summed E-state index contributed by atoms with van der Waals surface area (Å²) < 4.78 is 35.3. The molecule has 4 nitrogen and oxygen atoms in total. The van der Waals surface area contributed by atoms with Crippen molar-refractivity contribution in [2.24, 2.45) is 0 Å². The molecular formula is C12H17ClF2N2O2. The molecule has 0 spiro atoms. The van der Waals surface area contributed by atoms with E-state index >= 15 is 0 Å². The summed E-state index contributed by atoms with van der Waals surface area (Å²) in [7, 11) is 3.00. The first-order valence-electron chi connectivity index (χ1n) is 5.74. The summed E-state index contributed by atoms with van der Waals surface area (Å²) in [5.74, 6) is 1.26. The molecule has 0 radical (unpaired) electrons. The minimum absolute atomic E-state index is 0.234. The number of halogens is 3. The predicted molar refractivity (Wildman–Crippen MR) is 69.3 cm³/mol. The van der Waals surface area contributed by atoms with Crippen LogP contribution in [0.5, 0.6) is 11.5 Å². The van der Waals surface area contributed by atoms with Gasteiger partial charge in [0, 0.05) is 31.2 Å². The SMILES string of the molecule is COc1ccnc(CN(CCCl)CC(F)F)c1OC. The summed E-state index contributed by atoms with van der Waals surface area (Å²) in [5, 5.41) is 0. The van der Waals surface area contributed by atoms with Gasteiger partial charge in [0.05, 0.1) is 20.8 Å². The molecular weight excluding hydrogens is 278 g/mol. The number of rotatable bonds is 8. The zero-order valence-electron chi connectivity index (χ0n) is 10.9. The van der Waals surface area contributed by atoms with Gasteiger partial charge in [-0.15, -0.1) is 11.6 Å². The molecule has 0 unspecified atom stereocenters. The van der Waals surface area contributed by atoms with Crippen LogP contribution in [0.1, 0.15) is 5.69 Å². The molecule has 0 saturated heterocycles. The second-order valence-electron chi connectivity index (χ2n) is 3.81. The van der Waals surface area contributed by atoms with Gasteiger partial charge < -0.3 is 9.47 Å². The number of hydrogen-bond acceptors (Lipinski definition) is 4. The van der Waals surface area contributed by atoms with Gasteiger partial charge >= 0.3 is 0 Å². The van der Waals surface area contributed by atoms with E-state index in [4.69, 9.17) is 21.1 Å². The first-order chi connectivity index (χ1) is 9.12. The van der Waals surface area contributed by atoms with Gasteiger partial charge in [0.2, 0.25) is 0 Å². The lowest BCUT2D eigenvalue weighted by molar-refractivity contribution is 0.0867. The highest BCUT2D eigenvalue weighted by molar-refractivity contribution is 6.18. The largest absolute Gasteiger partial charge is 0.493 e. The topological polar surface area (TPSA) is 34.6 Å². The quantitative estimate of drug-likeness (QED) is 0.690. The predicted octanol–water partition coefficient (Wildman–Crippen LogP) is 2.40. The van der Waals surface area contributed by atoms with Gasteiger partial charge in [-0.1, -0.05) is 0 Å². The van der Waals surface area contributed by atoms with Gasteiger partial charge in [-0.2, -0.15) is 0 Å². The van der Waals surface area contributed by atoms with Crippen molar-refractivity contribution in [1.82, 2.24) is 9.88 Å². The smallest absolute Gasteiger partial charge is 0.251 e. The molecule has 0 atom stereocenters. The van der Waals surface area contributed by atoms with Crippen LogP contribution < -0.4 is 9.47 Å². The van der Waals surface area contributed by atoms with Crippen molar-refractivity contribution in [3.8, 4) is 11.5 Å². The minimum atomic E-state index is -2.42. The third-order valence-corrected chi connectivity index (χ3v) is 2.71. The lowest BCUT2D eigenvalue weighted by Crippen LogP contribution is -2.30. The first-order valence-corrected chi connectivity index (χ1v) is 6.28. The van der Waals surface area contributed by atoms with Gasteiger partial charge in [-0.25, -0.2) is 8.78 Å². The average Bonchev–Trinajstić information content (AvgIpc) is 2.37. The average molecular weight is 295 g/mol. The van der Waals surface area contributed by atoms with E-state index in [0.717, 1.165) is 0 Å². The molecule has 0 aromatic carbocycles. The van der Waals surface area contributed by atoms with Crippen LogP contribution in [0.3, 0.4) is 0 Å². The Bertz CT molecular complexity index is 394. The Labute approximate surface area is 116 Å². The molecule has 1 aromatic rings. The third kappa shape index (κ3) is 4.80. The summed E-state index contributed by atoms with van der Waals surface area (Å²) in [6.45, 7) is 0.236. The highest BCUT2D eigenvalue weighted by Gasteiger charge is 2.17. The minimum Gasteiger partial charge on any atom is -0.493 e. The molecule has 1 heterocycles. The monoisotopic (exact) mass is 294 g/mol. The maximum absolute atomic E-state index is 12.5. The fraction of sp³-hybridized carbons (Fsp3) is 0.583. The molecule has 0 saturated carbocycles. The molecule has 0 aliphatic carbocycles. The third-order valence-electron chi connectivity index (χ3n) is 2.54. The molecule has 0 N–H and O–H groups in total. The van der Waals surface area contributed by atoms with Crippen molar-refractivity contribution in [1.29, 1.82) is 0 Å².